The van der Waals surface area contributed by atoms with Gasteiger partial charge in [-0.05, 0) is 73.9 Å². The van der Waals surface area contributed by atoms with Crippen LogP contribution in [0.4, 0.5) is 16.0 Å². The van der Waals surface area contributed by atoms with Crippen LogP contribution in [0.2, 0.25) is 0 Å². The van der Waals surface area contributed by atoms with Gasteiger partial charge in [-0.1, -0.05) is 6.07 Å². The Labute approximate surface area is 211 Å². The summed E-state index contributed by atoms with van der Waals surface area (Å²) in [6, 6.07) is 9.26. The van der Waals surface area contributed by atoms with Crippen LogP contribution in [0, 0.1) is 5.82 Å². The monoisotopic (exact) mass is 499 g/mol. The van der Waals surface area contributed by atoms with Crippen LogP contribution in [0.15, 0.2) is 41.3 Å². The van der Waals surface area contributed by atoms with Crippen molar-refractivity contribution in [3.05, 3.63) is 69.5 Å². The number of pyridine rings is 1. The SMILES string of the molecule is O=c1c2cnc(Nc3ccc4c(c3)CNCC43CC3)nc2n(-c2ccc(F)c(C3(O)CC3)n2)n1C1CC1. The van der Waals surface area contributed by atoms with Gasteiger partial charge >= 0.3 is 0 Å². The van der Waals surface area contributed by atoms with E-state index in [1.165, 1.54) is 36.1 Å². The van der Waals surface area contributed by atoms with Crippen LogP contribution in [-0.2, 0) is 17.6 Å². The summed E-state index contributed by atoms with van der Waals surface area (Å²) in [7, 11) is 0. The van der Waals surface area contributed by atoms with E-state index in [1.54, 1.807) is 15.6 Å². The Morgan fingerprint density at radius 3 is 2.70 bits per heavy atom. The van der Waals surface area contributed by atoms with Crippen molar-refractivity contribution in [3.8, 4) is 5.82 Å². The molecule has 4 aliphatic rings. The number of hydrogen-bond acceptors (Lipinski definition) is 7. The molecule has 3 saturated carbocycles. The van der Waals surface area contributed by atoms with E-state index in [9.17, 15) is 14.3 Å². The van der Waals surface area contributed by atoms with E-state index in [-0.39, 0.29) is 17.3 Å². The summed E-state index contributed by atoms with van der Waals surface area (Å²) in [5.41, 5.74) is 2.88. The number of hydrogen-bond donors (Lipinski definition) is 3. The van der Waals surface area contributed by atoms with Gasteiger partial charge in [0, 0.05) is 30.4 Å². The quantitative estimate of drug-likeness (QED) is 0.387. The second-order valence-electron chi connectivity index (χ2n) is 11.0. The molecule has 0 bridgehead atoms. The van der Waals surface area contributed by atoms with Gasteiger partial charge in [0.15, 0.2) is 11.5 Å². The highest BCUT2D eigenvalue weighted by atomic mass is 19.1. The number of aliphatic hydroxyl groups is 1. The van der Waals surface area contributed by atoms with Gasteiger partial charge in [0.25, 0.3) is 5.56 Å². The average Bonchev–Trinajstić information content (AvgIpc) is 3.79. The highest BCUT2D eigenvalue weighted by Gasteiger charge is 2.47. The molecule has 37 heavy (non-hydrogen) atoms. The highest BCUT2D eigenvalue weighted by molar-refractivity contribution is 5.77. The number of benzene rings is 1. The first kappa shape index (κ1) is 21.5. The summed E-state index contributed by atoms with van der Waals surface area (Å²) in [6.07, 6.45) is 6.68. The fourth-order valence-electron chi connectivity index (χ4n) is 5.75. The molecule has 3 aliphatic carbocycles. The fourth-order valence-corrected chi connectivity index (χ4v) is 5.75. The number of aromatic nitrogens is 5. The molecule has 1 spiro atoms. The van der Waals surface area contributed by atoms with E-state index < -0.39 is 11.4 Å². The summed E-state index contributed by atoms with van der Waals surface area (Å²) < 4.78 is 17.8. The van der Waals surface area contributed by atoms with Crippen molar-refractivity contribution in [1.82, 2.24) is 29.6 Å². The number of anilines is 2. The minimum absolute atomic E-state index is 0.0187. The summed E-state index contributed by atoms with van der Waals surface area (Å²) in [5, 5.41) is 17.8. The molecule has 0 unspecified atom stereocenters. The zero-order chi connectivity index (χ0) is 24.9. The number of rotatable bonds is 5. The van der Waals surface area contributed by atoms with Crippen molar-refractivity contribution in [2.45, 2.75) is 62.1 Å². The van der Waals surface area contributed by atoms with Gasteiger partial charge < -0.3 is 15.7 Å². The molecule has 0 saturated heterocycles. The molecule has 8 rings (SSSR count). The lowest BCUT2D eigenvalue weighted by Crippen LogP contribution is -2.33. The number of halogens is 1. The van der Waals surface area contributed by atoms with E-state index in [0.717, 1.165) is 31.6 Å². The summed E-state index contributed by atoms with van der Waals surface area (Å²) >= 11 is 0. The third-order valence-corrected chi connectivity index (χ3v) is 8.29. The fraction of sp³-hybridized carbons (Fsp3) is 0.407. The second-order valence-corrected chi connectivity index (χ2v) is 11.0. The Morgan fingerprint density at radius 1 is 1.11 bits per heavy atom. The van der Waals surface area contributed by atoms with Crippen LogP contribution in [-0.4, -0.2) is 36.0 Å². The van der Waals surface area contributed by atoms with Gasteiger partial charge in [0.05, 0.1) is 6.04 Å². The second kappa shape index (κ2) is 7.23. The van der Waals surface area contributed by atoms with Gasteiger partial charge in [0.1, 0.15) is 22.5 Å². The topological polar surface area (TPSA) is 110 Å². The van der Waals surface area contributed by atoms with Crippen molar-refractivity contribution in [1.29, 1.82) is 0 Å². The lowest BCUT2D eigenvalue weighted by Gasteiger charge is -2.26. The predicted molar refractivity (Wildman–Crippen MR) is 135 cm³/mol. The van der Waals surface area contributed by atoms with E-state index in [2.05, 4.69) is 38.8 Å². The first-order valence-electron chi connectivity index (χ1n) is 13.0. The maximum absolute atomic E-state index is 14.5. The van der Waals surface area contributed by atoms with Gasteiger partial charge in [-0.25, -0.2) is 23.7 Å². The van der Waals surface area contributed by atoms with Crippen molar-refractivity contribution < 1.29 is 9.50 Å². The standard InChI is InChI=1S/C27H26FN7O2/c28-20-5-6-21(32-22(20)27(37)9-10-27)35-23-18(24(36)34(35)17-2-3-17)13-30-25(33-23)31-16-1-4-19-15(11-16)12-29-14-26(19)7-8-26/h1,4-6,11,13,17,29,37H,2-3,7-10,12,14H2,(H,30,31,33). The third kappa shape index (κ3) is 3.28. The lowest BCUT2D eigenvalue weighted by atomic mass is 9.88. The van der Waals surface area contributed by atoms with Crippen LogP contribution in [0.1, 0.15) is 61.4 Å². The lowest BCUT2D eigenvalue weighted by molar-refractivity contribution is 0.141. The predicted octanol–water partition coefficient (Wildman–Crippen LogP) is 3.31. The van der Waals surface area contributed by atoms with E-state index in [4.69, 9.17) is 4.98 Å². The van der Waals surface area contributed by atoms with Gasteiger partial charge in [0.2, 0.25) is 5.95 Å². The van der Waals surface area contributed by atoms with Crippen LogP contribution in [0.5, 0.6) is 0 Å². The minimum Gasteiger partial charge on any atom is -0.383 e. The molecular weight excluding hydrogens is 473 g/mol. The van der Waals surface area contributed by atoms with Crippen LogP contribution < -0.4 is 16.2 Å². The normalized spacial score (nSPS) is 20.7. The molecule has 0 radical (unpaired) electrons. The molecule has 3 N–H and O–H groups in total. The Kier molecular flexibility index (Phi) is 4.19. The first-order chi connectivity index (χ1) is 17.9. The Bertz CT molecular complexity index is 1660. The molecule has 1 aromatic carbocycles. The van der Waals surface area contributed by atoms with E-state index in [0.29, 0.717) is 41.1 Å². The van der Waals surface area contributed by atoms with Crippen LogP contribution in [0.3, 0.4) is 0 Å². The maximum atomic E-state index is 14.5. The third-order valence-electron chi connectivity index (χ3n) is 8.29. The molecule has 3 fully saturated rings. The molecule has 1 aliphatic heterocycles. The van der Waals surface area contributed by atoms with E-state index >= 15 is 0 Å². The van der Waals surface area contributed by atoms with Gasteiger partial charge in [-0.3, -0.25) is 4.79 Å². The largest absolute Gasteiger partial charge is 0.383 e. The first-order valence-corrected chi connectivity index (χ1v) is 13.0. The summed E-state index contributed by atoms with van der Waals surface area (Å²) in [5.74, 6) is 0.171. The zero-order valence-electron chi connectivity index (χ0n) is 20.2. The maximum Gasteiger partial charge on any atom is 0.278 e. The molecule has 4 aromatic rings. The number of fused-ring (bicyclic) bond motifs is 3. The average molecular weight is 500 g/mol. The molecule has 0 amide bonds. The minimum atomic E-state index is -1.24. The zero-order valence-corrected chi connectivity index (χ0v) is 20.2. The molecule has 9 nitrogen and oxygen atoms in total. The molecular formula is C27H26FN7O2. The Hall–Kier alpha value is -3.63. The number of nitrogens with zero attached hydrogens (tertiary/aromatic N) is 5. The summed E-state index contributed by atoms with van der Waals surface area (Å²) in [4.78, 5) is 27.0. The van der Waals surface area contributed by atoms with Crippen molar-refractivity contribution in [3.63, 3.8) is 0 Å². The van der Waals surface area contributed by atoms with E-state index in [1.807, 2.05) is 0 Å². The van der Waals surface area contributed by atoms with Gasteiger partial charge in [-0.2, -0.15) is 4.98 Å². The Balaban J connectivity index is 1.23. The van der Waals surface area contributed by atoms with Crippen LogP contribution >= 0.6 is 0 Å². The van der Waals surface area contributed by atoms with Gasteiger partial charge in [-0.15, -0.1) is 0 Å². The summed E-state index contributed by atoms with van der Waals surface area (Å²) in [6.45, 7) is 1.87. The van der Waals surface area contributed by atoms with Crippen molar-refractivity contribution in [2.24, 2.45) is 0 Å². The smallest absolute Gasteiger partial charge is 0.278 e. The molecule has 3 aromatic heterocycles. The molecule has 188 valence electrons. The molecule has 4 heterocycles. The number of nitrogens with one attached hydrogen (secondary N) is 2. The molecule has 0 atom stereocenters. The molecule has 10 heteroatoms. The Morgan fingerprint density at radius 2 is 1.95 bits per heavy atom. The highest BCUT2D eigenvalue weighted by Crippen LogP contribution is 2.51. The van der Waals surface area contributed by atoms with Crippen molar-refractivity contribution >= 4 is 22.7 Å². The van der Waals surface area contributed by atoms with Crippen LogP contribution in [0.25, 0.3) is 16.9 Å². The van der Waals surface area contributed by atoms with Crippen molar-refractivity contribution in [2.75, 3.05) is 11.9 Å².